The van der Waals surface area contributed by atoms with Crippen LogP contribution >= 0.6 is 0 Å². The van der Waals surface area contributed by atoms with Gasteiger partial charge in [-0.1, -0.05) is 36.4 Å². The molecule has 1 fully saturated rings. The molecule has 1 aromatic heterocycles. The summed E-state index contributed by atoms with van der Waals surface area (Å²) in [5.74, 6) is 0.151. The van der Waals surface area contributed by atoms with Crippen LogP contribution in [-0.2, 0) is 11.2 Å². The number of nitrogens with zero attached hydrogens (tertiary/aromatic N) is 4. The number of amides is 2. The summed E-state index contributed by atoms with van der Waals surface area (Å²) in [6.07, 6.45) is 1.44. The lowest BCUT2D eigenvalue weighted by Crippen LogP contribution is -2.49. The number of aromatic amines is 1. The fourth-order valence-corrected chi connectivity index (χ4v) is 4.44. The highest BCUT2D eigenvalue weighted by Gasteiger charge is 2.27. The number of hydrogen-bond acceptors (Lipinski definition) is 4. The number of aromatic nitrogens is 2. The Hall–Kier alpha value is -3.19. The lowest BCUT2D eigenvalue weighted by molar-refractivity contribution is -0.118. The predicted octanol–water partition coefficient (Wildman–Crippen LogP) is 2.30. The number of H-pyrrole nitrogens is 1. The van der Waals surface area contributed by atoms with Gasteiger partial charge in [0.1, 0.15) is 0 Å². The zero-order chi connectivity index (χ0) is 20.5. The summed E-state index contributed by atoms with van der Waals surface area (Å²) in [4.78, 5) is 31.7. The van der Waals surface area contributed by atoms with E-state index in [1.54, 1.807) is 0 Å². The molecule has 0 radical (unpaired) electrons. The number of fused-ring (bicyclic) bond motifs is 2. The van der Waals surface area contributed by atoms with E-state index >= 15 is 0 Å². The molecular formula is C23H25N5O2. The third-order valence-electron chi connectivity index (χ3n) is 6.16. The van der Waals surface area contributed by atoms with E-state index < -0.39 is 0 Å². The molecular weight excluding hydrogens is 378 g/mol. The zero-order valence-electron chi connectivity index (χ0n) is 16.9. The van der Waals surface area contributed by atoms with E-state index in [1.165, 1.54) is 5.56 Å². The zero-order valence-corrected chi connectivity index (χ0v) is 16.9. The van der Waals surface area contributed by atoms with Gasteiger partial charge in [0.05, 0.1) is 5.52 Å². The Morgan fingerprint density at radius 1 is 0.933 bits per heavy atom. The van der Waals surface area contributed by atoms with Gasteiger partial charge >= 0.3 is 0 Å². The molecule has 2 aromatic carbocycles. The largest absolute Gasteiger partial charge is 0.335 e. The van der Waals surface area contributed by atoms with Gasteiger partial charge in [-0.3, -0.25) is 19.6 Å². The van der Waals surface area contributed by atoms with Crippen LogP contribution in [0.2, 0.25) is 0 Å². The lowest BCUT2D eigenvalue weighted by atomic mass is 10.2. The van der Waals surface area contributed by atoms with Crippen molar-refractivity contribution in [1.82, 2.24) is 20.0 Å². The van der Waals surface area contributed by atoms with Gasteiger partial charge in [-0.2, -0.15) is 5.10 Å². The fraction of sp³-hybridized carbons (Fsp3) is 0.348. The summed E-state index contributed by atoms with van der Waals surface area (Å²) in [6, 6.07) is 15.8. The van der Waals surface area contributed by atoms with Crippen molar-refractivity contribution in [3.05, 3.63) is 59.8 Å². The second-order valence-electron chi connectivity index (χ2n) is 7.93. The first-order valence-electron chi connectivity index (χ1n) is 10.5. The van der Waals surface area contributed by atoms with Crippen LogP contribution in [0, 0.1) is 0 Å². The molecule has 154 valence electrons. The molecule has 3 aromatic rings. The summed E-state index contributed by atoms with van der Waals surface area (Å²) >= 11 is 0. The highest BCUT2D eigenvalue weighted by molar-refractivity contribution is 6.04. The minimum Gasteiger partial charge on any atom is -0.335 e. The van der Waals surface area contributed by atoms with Crippen LogP contribution in [0.25, 0.3) is 10.9 Å². The Morgan fingerprint density at radius 2 is 1.70 bits per heavy atom. The summed E-state index contributed by atoms with van der Waals surface area (Å²) in [7, 11) is 0. The van der Waals surface area contributed by atoms with Gasteiger partial charge in [-0.15, -0.1) is 0 Å². The van der Waals surface area contributed by atoms with Crippen LogP contribution in [0.3, 0.4) is 0 Å². The molecule has 30 heavy (non-hydrogen) atoms. The third kappa shape index (κ3) is 3.45. The predicted molar refractivity (Wildman–Crippen MR) is 116 cm³/mol. The van der Waals surface area contributed by atoms with Crippen LogP contribution < -0.4 is 4.90 Å². The van der Waals surface area contributed by atoms with Crippen LogP contribution in [0.5, 0.6) is 0 Å². The van der Waals surface area contributed by atoms with Crippen LogP contribution in [-0.4, -0.2) is 71.1 Å². The van der Waals surface area contributed by atoms with E-state index in [9.17, 15) is 9.59 Å². The third-order valence-corrected chi connectivity index (χ3v) is 6.16. The smallest absolute Gasteiger partial charge is 0.275 e. The average Bonchev–Trinajstić information content (AvgIpc) is 3.42. The monoisotopic (exact) mass is 403 g/mol. The first-order valence-corrected chi connectivity index (χ1v) is 10.5. The maximum atomic E-state index is 12.9. The molecule has 2 aliphatic rings. The van der Waals surface area contributed by atoms with E-state index in [2.05, 4.69) is 21.2 Å². The minimum absolute atomic E-state index is 0.0307. The van der Waals surface area contributed by atoms with Crippen molar-refractivity contribution in [3.8, 4) is 0 Å². The SMILES string of the molecule is O=C(c1n[nH]c2ccccc12)N1CCN(CCC(=O)N2CCc3ccccc32)CC1. The molecule has 2 amide bonds. The summed E-state index contributed by atoms with van der Waals surface area (Å²) in [5.41, 5.74) is 3.68. The molecule has 0 bridgehead atoms. The maximum absolute atomic E-state index is 12.9. The van der Waals surface area contributed by atoms with E-state index in [1.807, 2.05) is 52.3 Å². The topological polar surface area (TPSA) is 72.5 Å². The number of benzene rings is 2. The van der Waals surface area contributed by atoms with Crippen molar-refractivity contribution in [2.75, 3.05) is 44.2 Å². The molecule has 0 spiro atoms. The number of carbonyl (C=O) groups is 2. The normalized spacial score (nSPS) is 16.8. The molecule has 0 aliphatic carbocycles. The molecule has 5 rings (SSSR count). The lowest BCUT2D eigenvalue weighted by Gasteiger charge is -2.34. The van der Waals surface area contributed by atoms with Gasteiger partial charge in [0.25, 0.3) is 5.91 Å². The molecule has 0 unspecified atom stereocenters. The Kier molecular flexibility index (Phi) is 4.96. The van der Waals surface area contributed by atoms with Crippen LogP contribution in [0.15, 0.2) is 48.5 Å². The highest BCUT2D eigenvalue weighted by Crippen LogP contribution is 2.28. The summed E-state index contributed by atoms with van der Waals surface area (Å²) in [6.45, 7) is 4.36. The number of carbonyl (C=O) groups excluding carboxylic acids is 2. The van der Waals surface area contributed by atoms with Gasteiger partial charge in [0, 0.05) is 56.8 Å². The molecule has 7 heteroatoms. The number of nitrogens with one attached hydrogen (secondary N) is 1. The van der Waals surface area contributed by atoms with Crippen molar-refractivity contribution in [3.63, 3.8) is 0 Å². The Labute approximate surface area is 175 Å². The molecule has 1 N–H and O–H groups in total. The second-order valence-corrected chi connectivity index (χ2v) is 7.93. The van der Waals surface area contributed by atoms with Gasteiger partial charge in [0.15, 0.2) is 5.69 Å². The van der Waals surface area contributed by atoms with Crippen LogP contribution in [0.1, 0.15) is 22.5 Å². The molecule has 1 saturated heterocycles. The maximum Gasteiger partial charge on any atom is 0.275 e. The number of anilines is 1. The molecule has 0 atom stereocenters. The van der Waals surface area contributed by atoms with Gasteiger partial charge in [0.2, 0.25) is 5.91 Å². The second kappa shape index (κ2) is 7.91. The van der Waals surface area contributed by atoms with E-state index in [0.29, 0.717) is 25.2 Å². The highest BCUT2D eigenvalue weighted by atomic mass is 16.2. The van der Waals surface area contributed by atoms with Gasteiger partial charge < -0.3 is 9.80 Å². The van der Waals surface area contributed by atoms with Crippen molar-refractivity contribution in [2.24, 2.45) is 0 Å². The number of piperazine rings is 1. The van der Waals surface area contributed by atoms with Crippen molar-refractivity contribution < 1.29 is 9.59 Å². The number of hydrogen-bond donors (Lipinski definition) is 1. The summed E-state index contributed by atoms with van der Waals surface area (Å²) in [5, 5.41) is 8.03. The number of para-hydroxylation sites is 2. The first kappa shape index (κ1) is 18.8. The summed E-state index contributed by atoms with van der Waals surface area (Å²) < 4.78 is 0. The van der Waals surface area contributed by atoms with E-state index in [4.69, 9.17) is 0 Å². The standard InChI is InChI=1S/C23H25N5O2/c29-21(28-12-9-17-5-1-4-8-20(17)28)10-11-26-13-15-27(16-14-26)23(30)22-18-6-2-3-7-19(18)24-25-22/h1-8H,9-16H2,(H,24,25). The van der Waals surface area contributed by atoms with E-state index in [0.717, 1.165) is 49.2 Å². The Balaban J connectivity index is 1.14. The number of rotatable bonds is 4. The Morgan fingerprint density at radius 3 is 2.57 bits per heavy atom. The van der Waals surface area contributed by atoms with Crippen LogP contribution in [0.4, 0.5) is 5.69 Å². The molecule has 3 heterocycles. The Bertz CT molecular complexity index is 1080. The van der Waals surface area contributed by atoms with E-state index in [-0.39, 0.29) is 11.8 Å². The molecule has 7 nitrogen and oxygen atoms in total. The minimum atomic E-state index is -0.0307. The average molecular weight is 403 g/mol. The van der Waals surface area contributed by atoms with Gasteiger partial charge in [-0.05, 0) is 24.1 Å². The fourth-order valence-electron chi connectivity index (χ4n) is 4.44. The van der Waals surface area contributed by atoms with Crippen molar-refractivity contribution >= 4 is 28.4 Å². The molecule has 0 saturated carbocycles. The van der Waals surface area contributed by atoms with Crippen molar-refractivity contribution in [1.29, 1.82) is 0 Å². The first-order chi connectivity index (χ1) is 14.7. The van der Waals surface area contributed by atoms with Crippen molar-refractivity contribution in [2.45, 2.75) is 12.8 Å². The molecule has 2 aliphatic heterocycles. The quantitative estimate of drug-likeness (QED) is 0.726. The van der Waals surface area contributed by atoms with Gasteiger partial charge in [-0.25, -0.2) is 0 Å².